The first kappa shape index (κ1) is 12.5. The third kappa shape index (κ3) is 2.73. The molecule has 0 unspecified atom stereocenters. The Bertz CT molecular complexity index is 541. The SMILES string of the molecule is CC(C)N1CCC(Oc2ccc3[nH]ncc3c2)CC1. The Balaban J connectivity index is 1.62. The molecule has 2 aromatic rings. The third-order valence-corrected chi connectivity index (χ3v) is 3.92. The van der Waals surface area contributed by atoms with Crippen molar-refractivity contribution in [3.05, 3.63) is 24.4 Å². The molecule has 1 saturated heterocycles. The summed E-state index contributed by atoms with van der Waals surface area (Å²) in [7, 11) is 0. The number of nitrogens with zero attached hydrogens (tertiary/aromatic N) is 2. The van der Waals surface area contributed by atoms with E-state index in [0.717, 1.165) is 42.6 Å². The Kier molecular flexibility index (Phi) is 3.42. The summed E-state index contributed by atoms with van der Waals surface area (Å²) in [5.74, 6) is 0.955. The van der Waals surface area contributed by atoms with Crippen LogP contribution in [0.1, 0.15) is 26.7 Å². The quantitative estimate of drug-likeness (QED) is 0.921. The predicted molar refractivity (Wildman–Crippen MR) is 76.5 cm³/mol. The summed E-state index contributed by atoms with van der Waals surface area (Å²) in [5.41, 5.74) is 1.06. The second kappa shape index (κ2) is 5.21. The number of hydrogen-bond donors (Lipinski definition) is 1. The molecule has 1 N–H and O–H groups in total. The lowest BCUT2D eigenvalue weighted by Gasteiger charge is -2.34. The van der Waals surface area contributed by atoms with Crippen LogP contribution in [0.3, 0.4) is 0 Å². The highest BCUT2D eigenvalue weighted by Crippen LogP contribution is 2.23. The van der Waals surface area contributed by atoms with Crippen molar-refractivity contribution < 1.29 is 4.74 Å². The van der Waals surface area contributed by atoms with Gasteiger partial charge in [0.05, 0.1) is 11.7 Å². The van der Waals surface area contributed by atoms with Gasteiger partial charge in [0.25, 0.3) is 0 Å². The van der Waals surface area contributed by atoms with Crippen molar-refractivity contribution in [1.82, 2.24) is 15.1 Å². The van der Waals surface area contributed by atoms with Crippen molar-refractivity contribution in [3.8, 4) is 5.75 Å². The van der Waals surface area contributed by atoms with E-state index >= 15 is 0 Å². The Morgan fingerprint density at radius 1 is 1.32 bits per heavy atom. The molecule has 1 aromatic carbocycles. The maximum absolute atomic E-state index is 6.09. The van der Waals surface area contributed by atoms with Gasteiger partial charge in [-0.2, -0.15) is 5.10 Å². The van der Waals surface area contributed by atoms with Crippen LogP contribution < -0.4 is 4.74 Å². The molecule has 19 heavy (non-hydrogen) atoms. The van der Waals surface area contributed by atoms with E-state index in [4.69, 9.17) is 4.74 Å². The minimum Gasteiger partial charge on any atom is -0.490 e. The summed E-state index contributed by atoms with van der Waals surface area (Å²) in [6.45, 7) is 6.79. The van der Waals surface area contributed by atoms with E-state index in [0.29, 0.717) is 12.1 Å². The van der Waals surface area contributed by atoms with Gasteiger partial charge in [-0.25, -0.2) is 0 Å². The van der Waals surface area contributed by atoms with Crippen LogP contribution in [-0.2, 0) is 0 Å². The molecule has 4 nitrogen and oxygen atoms in total. The van der Waals surface area contributed by atoms with Gasteiger partial charge in [-0.1, -0.05) is 0 Å². The summed E-state index contributed by atoms with van der Waals surface area (Å²) < 4.78 is 6.09. The number of benzene rings is 1. The zero-order valence-electron chi connectivity index (χ0n) is 11.6. The molecule has 0 aliphatic carbocycles. The molecule has 102 valence electrons. The number of H-pyrrole nitrogens is 1. The Morgan fingerprint density at radius 3 is 2.84 bits per heavy atom. The fourth-order valence-electron chi connectivity index (χ4n) is 2.70. The van der Waals surface area contributed by atoms with Crippen LogP contribution in [0.5, 0.6) is 5.75 Å². The molecule has 0 bridgehead atoms. The first-order chi connectivity index (χ1) is 9.22. The van der Waals surface area contributed by atoms with Crippen LogP contribution in [0.2, 0.25) is 0 Å². The second-order valence-corrected chi connectivity index (χ2v) is 5.57. The second-order valence-electron chi connectivity index (χ2n) is 5.57. The number of likely N-dealkylation sites (tertiary alicyclic amines) is 1. The Labute approximate surface area is 113 Å². The Hall–Kier alpha value is -1.55. The summed E-state index contributed by atoms with van der Waals surface area (Å²) in [4.78, 5) is 2.51. The number of hydrogen-bond acceptors (Lipinski definition) is 3. The van der Waals surface area contributed by atoms with Gasteiger partial charge >= 0.3 is 0 Å². The predicted octanol–water partition coefficient (Wildman–Crippen LogP) is 2.81. The van der Waals surface area contributed by atoms with E-state index in [1.165, 1.54) is 0 Å². The molecule has 1 aromatic heterocycles. The smallest absolute Gasteiger partial charge is 0.120 e. The number of piperidine rings is 1. The molecule has 1 aliphatic heterocycles. The van der Waals surface area contributed by atoms with Crippen LogP contribution >= 0.6 is 0 Å². The Morgan fingerprint density at radius 2 is 2.11 bits per heavy atom. The molecule has 1 fully saturated rings. The first-order valence-electron chi connectivity index (χ1n) is 7.06. The number of rotatable bonds is 3. The van der Waals surface area contributed by atoms with Gasteiger partial charge in [-0.05, 0) is 44.9 Å². The van der Waals surface area contributed by atoms with Crippen molar-refractivity contribution in [2.75, 3.05) is 13.1 Å². The number of aromatic amines is 1. The van der Waals surface area contributed by atoms with E-state index < -0.39 is 0 Å². The van der Waals surface area contributed by atoms with Crippen LogP contribution in [0.4, 0.5) is 0 Å². The molecule has 1 aliphatic rings. The lowest BCUT2D eigenvalue weighted by atomic mass is 10.1. The maximum atomic E-state index is 6.09. The fraction of sp³-hybridized carbons (Fsp3) is 0.533. The minimum atomic E-state index is 0.347. The highest BCUT2D eigenvalue weighted by atomic mass is 16.5. The van der Waals surface area contributed by atoms with Crippen LogP contribution in [0.25, 0.3) is 10.9 Å². The first-order valence-corrected chi connectivity index (χ1v) is 7.06. The normalized spacial score (nSPS) is 18.3. The number of nitrogens with one attached hydrogen (secondary N) is 1. The highest BCUT2D eigenvalue weighted by Gasteiger charge is 2.21. The summed E-state index contributed by atoms with van der Waals surface area (Å²) in [6, 6.07) is 6.76. The van der Waals surface area contributed by atoms with Gasteiger partial charge in [-0.15, -0.1) is 0 Å². The number of aromatic nitrogens is 2. The third-order valence-electron chi connectivity index (χ3n) is 3.92. The minimum absolute atomic E-state index is 0.347. The monoisotopic (exact) mass is 259 g/mol. The van der Waals surface area contributed by atoms with Crippen molar-refractivity contribution in [1.29, 1.82) is 0 Å². The fourth-order valence-corrected chi connectivity index (χ4v) is 2.70. The average Bonchev–Trinajstić information content (AvgIpc) is 2.87. The highest BCUT2D eigenvalue weighted by molar-refractivity contribution is 5.79. The van der Waals surface area contributed by atoms with Crippen LogP contribution in [0.15, 0.2) is 24.4 Å². The topological polar surface area (TPSA) is 41.1 Å². The zero-order valence-corrected chi connectivity index (χ0v) is 11.6. The van der Waals surface area contributed by atoms with Crippen molar-refractivity contribution in [2.45, 2.75) is 38.8 Å². The average molecular weight is 259 g/mol. The van der Waals surface area contributed by atoms with Crippen molar-refractivity contribution in [3.63, 3.8) is 0 Å². The number of ether oxygens (including phenoxy) is 1. The molecule has 0 saturated carbocycles. The van der Waals surface area contributed by atoms with Crippen LogP contribution in [-0.4, -0.2) is 40.3 Å². The van der Waals surface area contributed by atoms with Crippen LogP contribution in [0, 0.1) is 0 Å². The molecular formula is C15H21N3O. The van der Waals surface area contributed by atoms with Gasteiger partial charge in [0.2, 0.25) is 0 Å². The summed E-state index contributed by atoms with van der Waals surface area (Å²) in [5, 5.41) is 8.10. The maximum Gasteiger partial charge on any atom is 0.120 e. The molecule has 0 spiro atoms. The lowest BCUT2D eigenvalue weighted by molar-refractivity contribution is 0.0844. The molecule has 0 radical (unpaired) electrons. The molecule has 0 amide bonds. The molecule has 3 rings (SSSR count). The van der Waals surface area contributed by atoms with Gasteiger partial charge in [0.15, 0.2) is 0 Å². The summed E-state index contributed by atoms with van der Waals surface area (Å²) >= 11 is 0. The molecule has 2 heterocycles. The van der Waals surface area contributed by atoms with Gasteiger partial charge in [-0.3, -0.25) is 5.10 Å². The number of fused-ring (bicyclic) bond motifs is 1. The standard InChI is InChI=1S/C15H21N3O/c1-11(2)18-7-5-13(6-8-18)19-14-3-4-15-12(9-14)10-16-17-15/h3-4,9-11,13H,5-8H2,1-2H3,(H,16,17). The van der Waals surface area contributed by atoms with E-state index in [1.54, 1.807) is 0 Å². The van der Waals surface area contributed by atoms with E-state index in [9.17, 15) is 0 Å². The van der Waals surface area contributed by atoms with E-state index in [2.05, 4.69) is 35.0 Å². The summed E-state index contributed by atoms with van der Waals surface area (Å²) in [6.07, 6.45) is 4.41. The lowest BCUT2D eigenvalue weighted by Crippen LogP contribution is -2.41. The van der Waals surface area contributed by atoms with Gasteiger partial charge in [0.1, 0.15) is 11.9 Å². The largest absolute Gasteiger partial charge is 0.490 e. The van der Waals surface area contributed by atoms with E-state index in [1.807, 2.05) is 18.3 Å². The van der Waals surface area contributed by atoms with Crippen molar-refractivity contribution in [2.24, 2.45) is 0 Å². The van der Waals surface area contributed by atoms with Gasteiger partial charge < -0.3 is 9.64 Å². The molecular weight excluding hydrogens is 238 g/mol. The molecule has 0 atom stereocenters. The zero-order chi connectivity index (χ0) is 13.2. The van der Waals surface area contributed by atoms with Gasteiger partial charge in [0, 0.05) is 24.5 Å². The molecule has 4 heteroatoms. The van der Waals surface area contributed by atoms with E-state index in [-0.39, 0.29) is 0 Å². The van der Waals surface area contributed by atoms with Crippen molar-refractivity contribution >= 4 is 10.9 Å².